The number of hydrogen-bond acceptors (Lipinski definition) is 5. The van der Waals surface area contributed by atoms with Crippen LogP contribution in [0.25, 0.3) is 5.65 Å². The maximum Gasteiger partial charge on any atom is 0.231 e. The van der Waals surface area contributed by atoms with Crippen LogP contribution >= 0.6 is 0 Å². The molecule has 1 amide bonds. The summed E-state index contributed by atoms with van der Waals surface area (Å²) in [4.78, 5) is 20.4. The summed E-state index contributed by atoms with van der Waals surface area (Å²) in [5.41, 5.74) is 4.19. The minimum atomic E-state index is -0.157. The quantitative estimate of drug-likeness (QED) is 0.424. The monoisotopic (exact) mass is 482 g/mol. The number of pyridine rings is 1. The molecule has 7 nitrogen and oxygen atoms in total. The van der Waals surface area contributed by atoms with Crippen LogP contribution in [-0.2, 0) is 11.3 Å². The Kier molecular flexibility index (Phi) is 6.30. The number of imidazole rings is 1. The minimum absolute atomic E-state index is 0.0602. The van der Waals surface area contributed by atoms with Gasteiger partial charge in [-0.05, 0) is 48.2 Å². The first-order valence-electron chi connectivity index (χ1n) is 12.6. The number of hydrogen-bond donors (Lipinski definition) is 1. The molecule has 1 saturated heterocycles. The fourth-order valence-corrected chi connectivity index (χ4v) is 5.28. The Morgan fingerprint density at radius 2 is 1.81 bits per heavy atom. The fraction of sp³-hybridized carbons (Fsp3) is 0.310. The van der Waals surface area contributed by atoms with Crippen molar-refractivity contribution in [3.8, 4) is 11.5 Å². The summed E-state index contributed by atoms with van der Waals surface area (Å²) < 4.78 is 13.2. The molecular weight excluding hydrogens is 452 g/mol. The molecule has 1 atom stereocenters. The average molecular weight is 483 g/mol. The molecule has 0 saturated carbocycles. The second-order valence-electron chi connectivity index (χ2n) is 9.58. The zero-order valence-corrected chi connectivity index (χ0v) is 20.2. The van der Waals surface area contributed by atoms with Crippen molar-refractivity contribution in [1.29, 1.82) is 0 Å². The van der Waals surface area contributed by atoms with Gasteiger partial charge in [-0.1, -0.05) is 42.5 Å². The number of ether oxygens (including phenoxy) is 2. The molecule has 4 heterocycles. The van der Waals surface area contributed by atoms with Gasteiger partial charge >= 0.3 is 0 Å². The first-order chi connectivity index (χ1) is 17.7. The SMILES string of the molecule is O=C(CC(c1ccc2c(c1)OCO2)c1cnc2ccccn12)NC1CCN(Cc2ccccc2)CC1. The first-order valence-corrected chi connectivity index (χ1v) is 12.6. The normalized spacial score (nSPS) is 16.8. The molecule has 6 rings (SSSR count). The Balaban J connectivity index is 1.15. The van der Waals surface area contributed by atoms with E-state index in [9.17, 15) is 4.79 Å². The third kappa shape index (κ3) is 4.79. The van der Waals surface area contributed by atoms with Gasteiger partial charge < -0.3 is 19.2 Å². The summed E-state index contributed by atoms with van der Waals surface area (Å²) in [5, 5.41) is 3.31. The van der Waals surface area contributed by atoms with E-state index in [1.807, 2.05) is 48.8 Å². The van der Waals surface area contributed by atoms with Gasteiger partial charge in [-0.25, -0.2) is 4.98 Å². The van der Waals surface area contributed by atoms with Crippen LogP contribution < -0.4 is 14.8 Å². The molecule has 0 aliphatic carbocycles. The molecule has 36 heavy (non-hydrogen) atoms. The molecule has 4 aromatic rings. The van der Waals surface area contributed by atoms with E-state index in [2.05, 4.69) is 49.9 Å². The van der Waals surface area contributed by atoms with Gasteiger partial charge in [-0.2, -0.15) is 0 Å². The number of likely N-dealkylation sites (tertiary alicyclic amines) is 1. The van der Waals surface area contributed by atoms with Gasteiger partial charge in [0.25, 0.3) is 0 Å². The van der Waals surface area contributed by atoms with Gasteiger partial charge in [0.2, 0.25) is 12.7 Å². The number of aromatic nitrogens is 2. The second-order valence-corrected chi connectivity index (χ2v) is 9.58. The van der Waals surface area contributed by atoms with E-state index in [1.165, 1.54) is 5.56 Å². The van der Waals surface area contributed by atoms with E-state index in [-0.39, 0.29) is 24.7 Å². The van der Waals surface area contributed by atoms with Crippen LogP contribution in [0.15, 0.2) is 79.1 Å². The molecule has 2 aromatic carbocycles. The number of piperidine rings is 1. The summed E-state index contributed by atoms with van der Waals surface area (Å²) in [6.45, 7) is 3.15. The van der Waals surface area contributed by atoms with Gasteiger partial charge in [0, 0.05) is 50.4 Å². The third-order valence-corrected chi connectivity index (χ3v) is 7.19. The second kappa shape index (κ2) is 10.0. The van der Waals surface area contributed by atoms with Gasteiger partial charge in [0.1, 0.15) is 5.65 Å². The van der Waals surface area contributed by atoms with Crippen molar-refractivity contribution in [3.63, 3.8) is 0 Å². The summed E-state index contributed by atoms with van der Waals surface area (Å²) in [6.07, 6.45) is 6.14. The number of carbonyl (C=O) groups excluding carboxylic acids is 1. The van der Waals surface area contributed by atoms with E-state index in [0.29, 0.717) is 6.42 Å². The van der Waals surface area contributed by atoms with Crippen molar-refractivity contribution in [1.82, 2.24) is 19.6 Å². The highest BCUT2D eigenvalue weighted by Crippen LogP contribution is 2.37. The minimum Gasteiger partial charge on any atom is -0.454 e. The van der Waals surface area contributed by atoms with Crippen molar-refractivity contribution in [2.45, 2.75) is 37.8 Å². The zero-order valence-electron chi connectivity index (χ0n) is 20.2. The molecule has 2 aliphatic rings. The van der Waals surface area contributed by atoms with Crippen molar-refractivity contribution in [2.75, 3.05) is 19.9 Å². The lowest BCUT2D eigenvalue weighted by Gasteiger charge is -2.32. The zero-order chi connectivity index (χ0) is 24.3. The van der Waals surface area contributed by atoms with E-state index in [4.69, 9.17) is 9.47 Å². The largest absolute Gasteiger partial charge is 0.454 e. The Morgan fingerprint density at radius 3 is 2.67 bits per heavy atom. The molecule has 1 fully saturated rings. The van der Waals surface area contributed by atoms with Crippen molar-refractivity contribution < 1.29 is 14.3 Å². The molecule has 0 radical (unpaired) electrons. The topological polar surface area (TPSA) is 68.1 Å². The van der Waals surface area contributed by atoms with Crippen LogP contribution in [0.1, 0.15) is 42.0 Å². The van der Waals surface area contributed by atoms with Gasteiger partial charge in [0.05, 0.1) is 5.69 Å². The van der Waals surface area contributed by atoms with E-state index in [0.717, 1.165) is 60.9 Å². The van der Waals surface area contributed by atoms with E-state index < -0.39 is 0 Å². The Morgan fingerprint density at radius 1 is 1.00 bits per heavy atom. The lowest BCUT2D eigenvalue weighted by atomic mass is 9.91. The van der Waals surface area contributed by atoms with Gasteiger partial charge in [0.15, 0.2) is 11.5 Å². The van der Waals surface area contributed by atoms with Crippen LogP contribution in [0.2, 0.25) is 0 Å². The van der Waals surface area contributed by atoms with E-state index in [1.54, 1.807) is 0 Å². The number of nitrogens with one attached hydrogen (secondary N) is 1. The number of carbonyl (C=O) groups is 1. The summed E-state index contributed by atoms with van der Waals surface area (Å²) in [6, 6.07) is 22.6. The maximum atomic E-state index is 13.3. The Hall–Kier alpha value is -3.84. The fourth-order valence-electron chi connectivity index (χ4n) is 5.28. The van der Waals surface area contributed by atoms with Gasteiger partial charge in [-0.3, -0.25) is 9.69 Å². The van der Waals surface area contributed by atoms with Crippen molar-refractivity contribution in [2.24, 2.45) is 0 Å². The molecule has 2 aliphatic heterocycles. The molecule has 0 spiro atoms. The predicted octanol–water partition coefficient (Wildman–Crippen LogP) is 4.37. The third-order valence-electron chi connectivity index (χ3n) is 7.19. The highest BCUT2D eigenvalue weighted by Gasteiger charge is 2.27. The molecule has 1 N–H and O–H groups in total. The molecular formula is C29H30N4O3. The Bertz CT molecular complexity index is 1350. The van der Waals surface area contributed by atoms with E-state index >= 15 is 0 Å². The summed E-state index contributed by atoms with van der Waals surface area (Å²) >= 11 is 0. The predicted molar refractivity (Wildman–Crippen MR) is 137 cm³/mol. The van der Waals surface area contributed by atoms with Crippen LogP contribution in [0.4, 0.5) is 0 Å². The van der Waals surface area contributed by atoms with Crippen LogP contribution in [0.5, 0.6) is 11.5 Å². The molecule has 184 valence electrons. The summed E-state index contributed by atoms with van der Waals surface area (Å²) in [5.74, 6) is 1.36. The molecule has 0 bridgehead atoms. The smallest absolute Gasteiger partial charge is 0.231 e. The molecule has 1 unspecified atom stereocenters. The number of amides is 1. The number of benzene rings is 2. The lowest BCUT2D eigenvalue weighted by molar-refractivity contribution is -0.122. The lowest BCUT2D eigenvalue weighted by Crippen LogP contribution is -2.44. The first kappa shape index (κ1) is 22.6. The number of nitrogens with zero attached hydrogens (tertiary/aromatic N) is 3. The van der Waals surface area contributed by atoms with Crippen molar-refractivity contribution in [3.05, 3.63) is 95.9 Å². The number of fused-ring (bicyclic) bond motifs is 2. The highest BCUT2D eigenvalue weighted by molar-refractivity contribution is 5.78. The van der Waals surface area contributed by atoms with Crippen LogP contribution in [-0.4, -0.2) is 46.1 Å². The molecule has 2 aromatic heterocycles. The maximum absolute atomic E-state index is 13.3. The highest BCUT2D eigenvalue weighted by atomic mass is 16.7. The van der Waals surface area contributed by atoms with Gasteiger partial charge in [-0.15, -0.1) is 0 Å². The van der Waals surface area contributed by atoms with Crippen molar-refractivity contribution >= 4 is 11.6 Å². The standard InChI is InChI=1S/C29H30N4O3/c34-29(31-23-11-14-32(15-12-23)19-21-6-2-1-3-7-21)17-24(22-9-10-26-27(16-22)36-20-35-26)25-18-30-28-8-4-5-13-33(25)28/h1-10,13,16,18,23-24H,11-12,14-15,17,19-20H2,(H,31,34). The Labute approximate surface area is 210 Å². The molecule has 7 heteroatoms. The average Bonchev–Trinajstić information content (AvgIpc) is 3.56. The van der Waals surface area contributed by atoms with Crippen LogP contribution in [0, 0.1) is 0 Å². The summed E-state index contributed by atoms with van der Waals surface area (Å²) in [7, 11) is 0. The van der Waals surface area contributed by atoms with Crippen LogP contribution in [0.3, 0.4) is 0 Å². The number of rotatable bonds is 7.